The predicted octanol–water partition coefficient (Wildman–Crippen LogP) is 1.07. The lowest BCUT2D eigenvalue weighted by molar-refractivity contribution is -0.138. The van der Waals surface area contributed by atoms with Crippen molar-refractivity contribution in [1.82, 2.24) is 4.90 Å². The normalized spacial score (nSPS) is 20.5. The minimum Gasteiger partial charge on any atom is -0.481 e. The molecule has 2 N–H and O–H groups in total. The van der Waals surface area contributed by atoms with Crippen molar-refractivity contribution in [3.8, 4) is 0 Å². The molecular weight excluding hydrogens is 348 g/mol. The molecule has 2 rings (SSSR count). The van der Waals surface area contributed by atoms with Gasteiger partial charge in [-0.2, -0.15) is 0 Å². The first-order valence-electron chi connectivity index (χ1n) is 7.74. The van der Waals surface area contributed by atoms with Gasteiger partial charge in [0.1, 0.15) is 0 Å². The number of carboxylic acids is 1. The Hall–Kier alpha value is -2.13. The largest absolute Gasteiger partial charge is 0.481 e. The molecule has 1 aliphatic heterocycles. The second-order valence-electron chi connectivity index (χ2n) is 6.23. The van der Waals surface area contributed by atoms with E-state index in [1.807, 2.05) is 0 Å². The van der Waals surface area contributed by atoms with Gasteiger partial charge in [-0.05, 0) is 25.5 Å². The number of methoxy groups -OCH3 is 1. The van der Waals surface area contributed by atoms with E-state index in [0.717, 1.165) is 11.8 Å². The molecule has 1 aromatic carbocycles. The number of anilines is 1. The lowest BCUT2D eigenvalue weighted by Gasteiger charge is -2.24. The SMILES string of the molecule is COC1CC(CC(=O)O)N(C(=O)c2cc(C)ccc2NS(C)(=O)=O)C1. The standard InChI is InChI=1S/C16H22N2O6S/c1-10-4-5-14(17-25(3,22)23)13(6-10)16(21)18-9-12(24-2)7-11(18)8-15(19)20/h4-6,11-12,17H,7-9H2,1-3H3,(H,19,20). The van der Waals surface area contributed by atoms with E-state index in [1.54, 1.807) is 19.1 Å². The fourth-order valence-electron chi connectivity index (χ4n) is 2.97. The van der Waals surface area contributed by atoms with E-state index < -0.39 is 27.9 Å². The summed E-state index contributed by atoms with van der Waals surface area (Å²) in [7, 11) is -2.04. The van der Waals surface area contributed by atoms with Gasteiger partial charge in [0.2, 0.25) is 10.0 Å². The minimum absolute atomic E-state index is 0.174. The quantitative estimate of drug-likeness (QED) is 0.774. The summed E-state index contributed by atoms with van der Waals surface area (Å²) in [6.45, 7) is 2.05. The third-order valence-corrected chi connectivity index (χ3v) is 4.67. The molecule has 138 valence electrons. The number of aliphatic carboxylic acids is 1. The van der Waals surface area contributed by atoms with Crippen molar-refractivity contribution in [1.29, 1.82) is 0 Å². The van der Waals surface area contributed by atoms with Crippen molar-refractivity contribution in [2.24, 2.45) is 0 Å². The molecule has 0 saturated carbocycles. The van der Waals surface area contributed by atoms with Crippen LogP contribution in [-0.2, 0) is 19.6 Å². The summed E-state index contributed by atoms with van der Waals surface area (Å²) in [6, 6.07) is 4.32. The Balaban J connectivity index is 2.37. The Bertz CT molecular complexity index is 777. The molecule has 9 heteroatoms. The van der Waals surface area contributed by atoms with Crippen LogP contribution in [0.15, 0.2) is 18.2 Å². The van der Waals surface area contributed by atoms with Crippen molar-refractivity contribution >= 4 is 27.6 Å². The molecular formula is C16H22N2O6S. The summed E-state index contributed by atoms with van der Waals surface area (Å²) in [6.07, 6.45) is 0.997. The summed E-state index contributed by atoms with van der Waals surface area (Å²) in [5.41, 5.74) is 1.16. The van der Waals surface area contributed by atoms with E-state index in [4.69, 9.17) is 9.84 Å². The summed E-state index contributed by atoms with van der Waals surface area (Å²) in [5, 5.41) is 9.08. The number of nitrogens with zero attached hydrogens (tertiary/aromatic N) is 1. The highest BCUT2D eigenvalue weighted by Gasteiger charge is 2.37. The van der Waals surface area contributed by atoms with Crippen LogP contribution in [0, 0.1) is 6.92 Å². The highest BCUT2D eigenvalue weighted by Crippen LogP contribution is 2.28. The third-order valence-electron chi connectivity index (χ3n) is 4.08. The number of sulfonamides is 1. The number of likely N-dealkylation sites (tertiary alicyclic amines) is 1. The molecule has 0 aliphatic carbocycles. The predicted molar refractivity (Wildman–Crippen MR) is 92.1 cm³/mol. The number of hydrogen-bond acceptors (Lipinski definition) is 5. The second-order valence-corrected chi connectivity index (χ2v) is 7.97. The van der Waals surface area contributed by atoms with E-state index in [0.29, 0.717) is 6.42 Å². The maximum absolute atomic E-state index is 13.0. The van der Waals surface area contributed by atoms with Crippen LogP contribution in [0.1, 0.15) is 28.8 Å². The Morgan fingerprint density at radius 2 is 2.08 bits per heavy atom. The van der Waals surface area contributed by atoms with E-state index in [9.17, 15) is 18.0 Å². The van der Waals surface area contributed by atoms with Crippen molar-refractivity contribution < 1.29 is 27.9 Å². The van der Waals surface area contributed by atoms with Gasteiger partial charge in [-0.25, -0.2) is 8.42 Å². The number of carbonyl (C=O) groups excluding carboxylic acids is 1. The van der Waals surface area contributed by atoms with Crippen LogP contribution in [0.4, 0.5) is 5.69 Å². The topological polar surface area (TPSA) is 113 Å². The number of rotatable bonds is 6. The molecule has 1 saturated heterocycles. The summed E-state index contributed by atoms with van der Waals surface area (Å²) in [4.78, 5) is 25.5. The van der Waals surface area contributed by atoms with E-state index >= 15 is 0 Å². The third kappa shape index (κ3) is 4.93. The Kier molecular flexibility index (Phi) is 5.69. The van der Waals surface area contributed by atoms with Gasteiger partial charge in [0.15, 0.2) is 0 Å². The highest BCUT2D eigenvalue weighted by atomic mass is 32.2. The number of amides is 1. The summed E-state index contributed by atoms with van der Waals surface area (Å²) in [5.74, 6) is -1.42. The zero-order valence-corrected chi connectivity index (χ0v) is 15.2. The lowest BCUT2D eigenvalue weighted by Crippen LogP contribution is -2.37. The van der Waals surface area contributed by atoms with Crippen LogP contribution in [0.25, 0.3) is 0 Å². The zero-order chi connectivity index (χ0) is 18.8. The molecule has 1 aromatic rings. The second kappa shape index (κ2) is 7.40. The number of carboxylic acid groups (broad SMARTS) is 1. The number of hydrogen-bond donors (Lipinski definition) is 2. The Labute approximate surface area is 146 Å². The van der Waals surface area contributed by atoms with Crippen molar-refractivity contribution in [3.05, 3.63) is 29.3 Å². The van der Waals surface area contributed by atoms with Gasteiger partial charge in [0.05, 0.1) is 30.0 Å². The molecule has 1 fully saturated rings. The molecule has 25 heavy (non-hydrogen) atoms. The Morgan fingerprint density at radius 1 is 1.40 bits per heavy atom. The average Bonchev–Trinajstić information content (AvgIpc) is 2.89. The first-order chi connectivity index (χ1) is 11.6. The van der Waals surface area contributed by atoms with Crippen LogP contribution in [0.5, 0.6) is 0 Å². The molecule has 1 amide bonds. The van der Waals surface area contributed by atoms with Gasteiger partial charge < -0.3 is 14.7 Å². The van der Waals surface area contributed by atoms with Gasteiger partial charge in [0.25, 0.3) is 5.91 Å². The van der Waals surface area contributed by atoms with Gasteiger partial charge in [-0.15, -0.1) is 0 Å². The van der Waals surface area contributed by atoms with Gasteiger partial charge >= 0.3 is 5.97 Å². The number of benzene rings is 1. The number of carbonyl (C=O) groups is 2. The van der Waals surface area contributed by atoms with Crippen LogP contribution in [0.2, 0.25) is 0 Å². The molecule has 1 heterocycles. The summed E-state index contributed by atoms with van der Waals surface area (Å²) >= 11 is 0. The first-order valence-corrected chi connectivity index (χ1v) is 9.64. The monoisotopic (exact) mass is 370 g/mol. The van der Waals surface area contributed by atoms with Gasteiger partial charge in [-0.3, -0.25) is 14.3 Å². The van der Waals surface area contributed by atoms with Crippen molar-refractivity contribution in [2.45, 2.75) is 31.9 Å². The maximum Gasteiger partial charge on any atom is 0.305 e. The number of aryl methyl sites for hydroxylation is 1. The summed E-state index contributed by atoms with van der Waals surface area (Å²) < 4.78 is 30.7. The average molecular weight is 370 g/mol. The van der Waals surface area contributed by atoms with Crippen molar-refractivity contribution in [3.63, 3.8) is 0 Å². The molecule has 0 bridgehead atoms. The van der Waals surface area contributed by atoms with E-state index in [1.165, 1.54) is 18.1 Å². The smallest absolute Gasteiger partial charge is 0.305 e. The number of nitrogens with one attached hydrogen (secondary N) is 1. The van der Waals surface area contributed by atoms with Crippen LogP contribution < -0.4 is 4.72 Å². The van der Waals surface area contributed by atoms with Crippen LogP contribution in [-0.4, -0.2) is 62.4 Å². The fourth-order valence-corrected chi connectivity index (χ4v) is 3.54. The van der Waals surface area contributed by atoms with Crippen LogP contribution >= 0.6 is 0 Å². The molecule has 2 atom stereocenters. The first kappa shape index (κ1) is 19.2. The molecule has 8 nitrogen and oxygen atoms in total. The molecule has 2 unspecified atom stereocenters. The number of ether oxygens (including phenoxy) is 1. The van der Waals surface area contributed by atoms with Gasteiger partial charge in [-0.1, -0.05) is 11.6 Å². The molecule has 0 aromatic heterocycles. The molecule has 0 spiro atoms. The fraction of sp³-hybridized carbons (Fsp3) is 0.500. The maximum atomic E-state index is 13.0. The minimum atomic E-state index is -3.56. The van der Waals surface area contributed by atoms with Gasteiger partial charge in [0, 0.05) is 19.7 Å². The van der Waals surface area contributed by atoms with E-state index in [-0.39, 0.29) is 30.3 Å². The lowest BCUT2D eigenvalue weighted by atomic mass is 10.1. The van der Waals surface area contributed by atoms with Crippen LogP contribution in [0.3, 0.4) is 0 Å². The Morgan fingerprint density at radius 3 is 2.64 bits per heavy atom. The highest BCUT2D eigenvalue weighted by molar-refractivity contribution is 7.92. The zero-order valence-electron chi connectivity index (χ0n) is 14.4. The van der Waals surface area contributed by atoms with E-state index in [2.05, 4.69) is 4.72 Å². The molecule has 0 radical (unpaired) electrons. The van der Waals surface area contributed by atoms with Crippen molar-refractivity contribution in [2.75, 3.05) is 24.6 Å². The molecule has 1 aliphatic rings.